The van der Waals surface area contributed by atoms with Gasteiger partial charge in [0.1, 0.15) is 5.76 Å². The number of nitrogens with two attached hydrogens (primary N) is 1. The summed E-state index contributed by atoms with van der Waals surface area (Å²) in [6, 6.07) is -0.655. The highest BCUT2D eigenvalue weighted by Crippen LogP contribution is 2.26. The van der Waals surface area contributed by atoms with Crippen LogP contribution < -0.4 is 11.2 Å². The van der Waals surface area contributed by atoms with Gasteiger partial charge in [0.15, 0.2) is 0 Å². The van der Waals surface area contributed by atoms with Gasteiger partial charge in [0.2, 0.25) is 0 Å². The number of nitrogens with zero attached hydrogens (tertiary/aromatic N) is 1. The summed E-state index contributed by atoms with van der Waals surface area (Å²) in [5.74, 6) is 0.956. The van der Waals surface area contributed by atoms with Crippen LogP contribution in [-0.4, -0.2) is 18.3 Å². The van der Waals surface area contributed by atoms with Crippen molar-refractivity contribution in [2.45, 2.75) is 12.8 Å². The Kier molecular flexibility index (Phi) is 2.22. The topological polar surface area (TPSA) is 76.7 Å². The second-order valence-corrected chi connectivity index (χ2v) is 3.14. The standard InChI is InChI=1S/C9H11N3O2/c10-9(13)12-11-7-2-1-6-3-4-14-8(6)5-7/h1-2H,3-5H2,(H3,10,12,13)/b11-7+. The second-order valence-electron chi connectivity index (χ2n) is 3.14. The van der Waals surface area contributed by atoms with Gasteiger partial charge in [0.05, 0.1) is 12.3 Å². The number of allylic oxidation sites excluding steroid dienone is 3. The van der Waals surface area contributed by atoms with Crippen LogP contribution in [0.3, 0.4) is 0 Å². The SMILES string of the molecule is NC(=O)N/N=C1\C=CC2=C(C1)OCC2. The van der Waals surface area contributed by atoms with Crippen molar-refractivity contribution in [1.29, 1.82) is 0 Å². The second kappa shape index (κ2) is 3.53. The quantitative estimate of drug-likeness (QED) is 0.599. The summed E-state index contributed by atoms with van der Waals surface area (Å²) in [6.45, 7) is 0.742. The molecule has 0 radical (unpaired) electrons. The van der Waals surface area contributed by atoms with Gasteiger partial charge >= 0.3 is 6.03 Å². The molecule has 74 valence electrons. The number of carbonyl (C=O) groups is 1. The highest BCUT2D eigenvalue weighted by Gasteiger charge is 2.18. The van der Waals surface area contributed by atoms with E-state index in [1.807, 2.05) is 12.2 Å². The fourth-order valence-corrected chi connectivity index (χ4v) is 1.48. The number of primary amides is 1. The largest absolute Gasteiger partial charge is 0.497 e. The van der Waals surface area contributed by atoms with E-state index in [0.29, 0.717) is 6.42 Å². The Bertz CT molecular complexity index is 355. The average molecular weight is 193 g/mol. The van der Waals surface area contributed by atoms with E-state index < -0.39 is 6.03 Å². The highest BCUT2D eigenvalue weighted by atomic mass is 16.5. The van der Waals surface area contributed by atoms with E-state index in [1.54, 1.807) is 0 Å². The third-order valence-corrected chi connectivity index (χ3v) is 2.13. The van der Waals surface area contributed by atoms with Crippen LogP contribution >= 0.6 is 0 Å². The molecular weight excluding hydrogens is 182 g/mol. The minimum absolute atomic E-state index is 0.631. The lowest BCUT2D eigenvalue weighted by Gasteiger charge is -2.09. The Morgan fingerprint density at radius 1 is 1.57 bits per heavy atom. The summed E-state index contributed by atoms with van der Waals surface area (Å²) >= 11 is 0. The van der Waals surface area contributed by atoms with Crippen LogP contribution in [0.1, 0.15) is 12.8 Å². The van der Waals surface area contributed by atoms with Gasteiger partial charge in [-0.1, -0.05) is 6.08 Å². The van der Waals surface area contributed by atoms with Gasteiger partial charge in [-0.05, 0) is 11.6 Å². The van der Waals surface area contributed by atoms with Crippen LogP contribution in [-0.2, 0) is 4.74 Å². The third kappa shape index (κ3) is 1.76. The number of nitrogens with one attached hydrogen (secondary N) is 1. The molecule has 0 saturated carbocycles. The van der Waals surface area contributed by atoms with Crippen LogP contribution in [0.2, 0.25) is 0 Å². The molecule has 2 rings (SSSR count). The maximum absolute atomic E-state index is 10.4. The molecule has 0 aromatic rings. The Hall–Kier alpha value is -1.78. The smallest absolute Gasteiger partial charge is 0.332 e. The Labute approximate surface area is 81.3 Å². The first-order chi connectivity index (χ1) is 6.75. The lowest BCUT2D eigenvalue weighted by molar-refractivity contribution is 0.241. The van der Waals surface area contributed by atoms with E-state index in [0.717, 1.165) is 24.5 Å². The normalized spacial score (nSPS) is 22.1. The van der Waals surface area contributed by atoms with Crippen molar-refractivity contribution in [3.05, 3.63) is 23.5 Å². The number of hydrazone groups is 1. The molecule has 0 aromatic carbocycles. The van der Waals surface area contributed by atoms with Gasteiger partial charge in [-0.25, -0.2) is 10.2 Å². The van der Waals surface area contributed by atoms with Crippen LogP contribution in [0.5, 0.6) is 0 Å². The van der Waals surface area contributed by atoms with Gasteiger partial charge in [0, 0.05) is 12.8 Å². The maximum atomic E-state index is 10.4. The molecule has 5 heteroatoms. The maximum Gasteiger partial charge on any atom is 0.332 e. The van der Waals surface area contributed by atoms with Crippen molar-refractivity contribution in [3.8, 4) is 0 Å². The van der Waals surface area contributed by atoms with Gasteiger partial charge in [-0.3, -0.25) is 0 Å². The van der Waals surface area contributed by atoms with Crippen molar-refractivity contribution in [2.24, 2.45) is 10.8 Å². The number of hydrogen-bond donors (Lipinski definition) is 2. The lowest BCUT2D eigenvalue weighted by Crippen LogP contribution is -2.25. The minimum atomic E-state index is -0.655. The molecule has 0 unspecified atom stereocenters. The van der Waals surface area contributed by atoms with Crippen LogP contribution in [0.15, 0.2) is 28.6 Å². The predicted octanol–water partition coefficient (Wildman–Crippen LogP) is 0.645. The Balaban J connectivity index is 2.04. The zero-order valence-corrected chi connectivity index (χ0v) is 7.62. The monoisotopic (exact) mass is 193 g/mol. The lowest BCUT2D eigenvalue weighted by atomic mass is 10.0. The van der Waals surface area contributed by atoms with E-state index in [9.17, 15) is 4.79 Å². The zero-order valence-electron chi connectivity index (χ0n) is 7.62. The summed E-state index contributed by atoms with van der Waals surface area (Å²) < 4.78 is 5.40. The van der Waals surface area contributed by atoms with Crippen molar-refractivity contribution in [1.82, 2.24) is 5.43 Å². The molecule has 0 atom stereocenters. The van der Waals surface area contributed by atoms with Crippen molar-refractivity contribution in [3.63, 3.8) is 0 Å². The molecule has 3 N–H and O–H groups in total. The van der Waals surface area contributed by atoms with E-state index >= 15 is 0 Å². The first kappa shape index (κ1) is 8.80. The van der Waals surface area contributed by atoms with E-state index in [4.69, 9.17) is 10.5 Å². The number of urea groups is 1. The van der Waals surface area contributed by atoms with Gasteiger partial charge < -0.3 is 10.5 Å². The number of amides is 2. The van der Waals surface area contributed by atoms with Gasteiger partial charge in [-0.2, -0.15) is 5.10 Å². The molecule has 1 aliphatic heterocycles. The third-order valence-electron chi connectivity index (χ3n) is 2.13. The molecule has 0 bridgehead atoms. The molecule has 5 nitrogen and oxygen atoms in total. The molecular formula is C9H11N3O2. The van der Waals surface area contributed by atoms with Gasteiger partial charge in [-0.15, -0.1) is 0 Å². The summed E-state index contributed by atoms with van der Waals surface area (Å²) in [5.41, 5.74) is 9.06. The van der Waals surface area contributed by atoms with Crippen molar-refractivity contribution in [2.75, 3.05) is 6.61 Å². The molecule has 1 heterocycles. The first-order valence-corrected chi connectivity index (χ1v) is 4.40. The average Bonchev–Trinajstić information content (AvgIpc) is 2.61. The Morgan fingerprint density at radius 2 is 2.43 bits per heavy atom. The summed E-state index contributed by atoms with van der Waals surface area (Å²) in [4.78, 5) is 10.4. The van der Waals surface area contributed by atoms with E-state index in [-0.39, 0.29) is 0 Å². The van der Waals surface area contributed by atoms with E-state index in [1.165, 1.54) is 5.57 Å². The molecule has 0 aromatic heterocycles. The summed E-state index contributed by atoms with van der Waals surface area (Å²) in [5, 5.41) is 3.83. The van der Waals surface area contributed by atoms with Crippen LogP contribution in [0.4, 0.5) is 4.79 Å². The molecule has 0 spiro atoms. The number of ether oxygens (including phenoxy) is 1. The molecule has 0 saturated heterocycles. The molecule has 14 heavy (non-hydrogen) atoms. The van der Waals surface area contributed by atoms with Crippen LogP contribution in [0, 0.1) is 0 Å². The van der Waals surface area contributed by atoms with Crippen molar-refractivity contribution >= 4 is 11.7 Å². The fourth-order valence-electron chi connectivity index (χ4n) is 1.48. The van der Waals surface area contributed by atoms with Crippen molar-refractivity contribution < 1.29 is 9.53 Å². The van der Waals surface area contributed by atoms with Gasteiger partial charge in [0.25, 0.3) is 0 Å². The van der Waals surface area contributed by atoms with E-state index in [2.05, 4.69) is 10.5 Å². The Morgan fingerprint density at radius 3 is 3.21 bits per heavy atom. The molecule has 0 fully saturated rings. The summed E-state index contributed by atoms with van der Waals surface area (Å²) in [7, 11) is 0. The minimum Gasteiger partial charge on any atom is -0.497 e. The zero-order chi connectivity index (χ0) is 9.97. The highest BCUT2D eigenvalue weighted by molar-refractivity contribution is 5.98. The fraction of sp³-hybridized carbons (Fsp3) is 0.333. The van der Waals surface area contributed by atoms with Crippen LogP contribution in [0.25, 0.3) is 0 Å². The first-order valence-electron chi connectivity index (χ1n) is 4.40. The molecule has 1 aliphatic carbocycles. The molecule has 2 aliphatic rings. The molecule has 2 amide bonds. The number of hydrogen-bond acceptors (Lipinski definition) is 3. The summed E-state index contributed by atoms with van der Waals surface area (Å²) in [6.07, 6.45) is 5.42. The predicted molar refractivity (Wildman–Crippen MR) is 51.5 cm³/mol. The number of rotatable bonds is 1. The number of carbonyl (C=O) groups excluding carboxylic acids is 1.